The lowest BCUT2D eigenvalue weighted by atomic mass is 10.1. The average Bonchev–Trinajstić information content (AvgIpc) is 2.80. The molecule has 31 heavy (non-hydrogen) atoms. The van der Waals surface area contributed by atoms with Gasteiger partial charge in [0.15, 0.2) is 5.96 Å². The summed E-state index contributed by atoms with van der Waals surface area (Å²) in [5, 5.41) is 6.87. The summed E-state index contributed by atoms with van der Waals surface area (Å²) >= 11 is 0. The van der Waals surface area contributed by atoms with E-state index >= 15 is 0 Å². The summed E-state index contributed by atoms with van der Waals surface area (Å²) in [5.74, 6) is 1.64. The molecule has 7 heteroatoms. The fourth-order valence-corrected chi connectivity index (χ4v) is 3.95. The van der Waals surface area contributed by atoms with Gasteiger partial charge in [-0.1, -0.05) is 12.1 Å². The van der Waals surface area contributed by atoms with Gasteiger partial charge < -0.3 is 20.4 Å². The molecule has 6 nitrogen and oxygen atoms in total. The topological polar surface area (TPSA) is 55.8 Å². The maximum absolute atomic E-state index is 14.6. The molecule has 2 N–H and O–H groups in total. The number of aliphatic imine (C=N–C) groups is 1. The first-order valence-corrected chi connectivity index (χ1v) is 11.4. The zero-order valence-corrected chi connectivity index (χ0v) is 18.9. The Morgan fingerprint density at radius 1 is 1.16 bits per heavy atom. The van der Waals surface area contributed by atoms with E-state index in [0.717, 1.165) is 62.9 Å². The Hall–Kier alpha value is -2.83. The van der Waals surface area contributed by atoms with Crippen LogP contribution in [0.25, 0.3) is 0 Å². The molecule has 0 bridgehead atoms. The van der Waals surface area contributed by atoms with Crippen molar-refractivity contribution in [3.63, 3.8) is 0 Å². The van der Waals surface area contributed by atoms with Gasteiger partial charge in [-0.15, -0.1) is 0 Å². The van der Waals surface area contributed by atoms with Crippen molar-refractivity contribution < 1.29 is 4.39 Å². The number of halogens is 1. The Morgan fingerprint density at radius 3 is 2.55 bits per heavy atom. The number of aromatic nitrogens is 1. The van der Waals surface area contributed by atoms with Crippen LogP contribution in [0.5, 0.6) is 0 Å². The monoisotopic (exact) mass is 426 g/mol. The third kappa shape index (κ3) is 6.32. The molecule has 0 saturated carbocycles. The van der Waals surface area contributed by atoms with Crippen LogP contribution in [0.15, 0.2) is 47.6 Å². The number of guanidine groups is 1. The Balaban J connectivity index is 1.57. The van der Waals surface area contributed by atoms with Crippen LogP contribution in [0.2, 0.25) is 0 Å². The highest BCUT2D eigenvalue weighted by Gasteiger charge is 2.20. The second kappa shape index (κ2) is 11.5. The number of rotatable bonds is 8. The number of piperidine rings is 1. The molecule has 1 saturated heterocycles. The Morgan fingerprint density at radius 2 is 1.94 bits per heavy atom. The molecule has 168 valence electrons. The molecule has 0 radical (unpaired) electrons. The number of anilines is 2. The van der Waals surface area contributed by atoms with E-state index in [2.05, 4.69) is 33.5 Å². The van der Waals surface area contributed by atoms with Crippen LogP contribution in [-0.4, -0.2) is 49.7 Å². The molecule has 1 aromatic carbocycles. The van der Waals surface area contributed by atoms with Gasteiger partial charge in [-0.3, -0.25) is 0 Å². The number of benzene rings is 1. The van der Waals surface area contributed by atoms with Crippen LogP contribution in [0, 0.1) is 5.82 Å². The van der Waals surface area contributed by atoms with Crippen molar-refractivity contribution in [1.29, 1.82) is 0 Å². The van der Waals surface area contributed by atoms with Gasteiger partial charge in [0.2, 0.25) is 0 Å². The van der Waals surface area contributed by atoms with Gasteiger partial charge >= 0.3 is 0 Å². The van der Waals surface area contributed by atoms with Gasteiger partial charge in [0, 0.05) is 45.0 Å². The molecule has 1 aromatic heterocycles. The fourth-order valence-electron chi connectivity index (χ4n) is 3.95. The zero-order valence-electron chi connectivity index (χ0n) is 18.9. The molecule has 3 rings (SSSR count). The summed E-state index contributed by atoms with van der Waals surface area (Å²) in [6.07, 6.45) is 3.88. The molecule has 0 atom stereocenters. The minimum absolute atomic E-state index is 0.184. The highest BCUT2D eigenvalue weighted by Crippen LogP contribution is 2.21. The summed E-state index contributed by atoms with van der Waals surface area (Å²) in [7, 11) is 0. The third-order valence-corrected chi connectivity index (χ3v) is 5.69. The third-order valence-electron chi connectivity index (χ3n) is 5.69. The van der Waals surface area contributed by atoms with E-state index in [4.69, 9.17) is 4.99 Å². The first kappa shape index (κ1) is 22.8. The summed E-state index contributed by atoms with van der Waals surface area (Å²) in [6.45, 7) is 10.9. The highest BCUT2D eigenvalue weighted by molar-refractivity contribution is 5.80. The maximum Gasteiger partial charge on any atom is 0.191 e. The lowest BCUT2D eigenvalue weighted by Gasteiger charge is -2.33. The van der Waals surface area contributed by atoms with Crippen LogP contribution in [0.4, 0.5) is 15.9 Å². The molecule has 0 unspecified atom stereocenters. The molecule has 0 amide bonds. The van der Waals surface area contributed by atoms with Gasteiger partial charge in [-0.2, -0.15) is 0 Å². The Kier molecular flexibility index (Phi) is 8.50. The van der Waals surface area contributed by atoms with Gasteiger partial charge in [-0.05, 0) is 63.4 Å². The SMILES string of the molecule is CCNC(=NCc1ccc(N(CC)CC)c(F)c1)NC1CCN(c2ccccn2)CC1. The minimum Gasteiger partial charge on any atom is -0.370 e. The number of pyridine rings is 1. The molecule has 1 aliphatic heterocycles. The van der Waals surface area contributed by atoms with E-state index in [0.29, 0.717) is 18.3 Å². The van der Waals surface area contributed by atoms with Crippen LogP contribution in [-0.2, 0) is 6.54 Å². The standard InChI is InChI=1S/C24H35FN6/c1-4-26-24(28-18-19-10-11-22(21(25)17-19)30(5-2)6-3)29-20-12-15-31(16-13-20)23-9-7-8-14-27-23/h7-11,14,17,20H,4-6,12-13,15-16,18H2,1-3H3,(H2,26,28,29). The average molecular weight is 427 g/mol. The summed E-state index contributed by atoms with van der Waals surface area (Å²) in [5.41, 5.74) is 1.53. The second-order valence-corrected chi connectivity index (χ2v) is 7.75. The Labute approximate surface area is 185 Å². The van der Waals surface area contributed by atoms with E-state index < -0.39 is 0 Å². The first-order valence-electron chi connectivity index (χ1n) is 11.4. The smallest absolute Gasteiger partial charge is 0.191 e. The van der Waals surface area contributed by atoms with Gasteiger partial charge in [0.1, 0.15) is 11.6 Å². The van der Waals surface area contributed by atoms with Gasteiger partial charge in [0.05, 0.1) is 12.2 Å². The predicted molar refractivity (Wildman–Crippen MR) is 127 cm³/mol. The zero-order chi connectivity index (χ0) is 22.1. The fraction of sp³-hybridized carbons (Fsp3) is 0.500. The molecule has 0 spiro atoms. The molecular weight excluding hydrogens is 391 g/mol. The summed E-state index contributed by atoms with van der Waals surface area (Å²) < 4.78 is 14.6. The summed E-state index contributed by atoms with van der Waals surface area (Å²) in [6, 6.07) is 11.8. The number of nitrogens with one attached hydrogen (secondary N) is 2. The van der Waals surface area contributed by atoms with Crippen molar-refractivity contribution in [1.82, 2.24) is 15.6 Å². The Bertz CT molecular complexity index is 829. The van der Waals surface area contributed by atoms with E-state index in [9.17, 15) is 4.39 Å². The molecular formula is C24H35FN6. The van der Waals surface area contributed by atoms with Crippen molar-refractivity contribution in [2.24, 2.45) is 4.99 Å². The van der Waals surface area contributed by atoms with Gasteiger partial charge in [0.25, 0.3) is 0 Å². The van der Waals surface area contributed by atoms with Crippen LogP contribution >= 0.6 is 0 Å². The first-order chi connectivity index (χ1) is 15.1. The predicted octanol–water partition coefficient (Wildman–Crippen LogP) is 3.79. The number of hydrogen-bond donors (Lipinski definition) is 2. The van der Waals surface area contributed by atoms with E-state index in [1.165, 1.54) is 0 Å². The number of nitrogens with zero attached hydrogens (tertiary/aromatic N) is 4. The molecule has 2 aromatic rings. The van der Waals surface area contributed by atoms with Crippen LogP contribution in [0.1, 0.15) is 39.2 Å². The highest BCUT2D eigenvalue weighted by atomic mass is 19.1. The van der Waals surface area contributed by atoms with E-state index in [1.807, 2.05) is 49.2 Å². The maximum atomic E-state index is 14.6. The van der Waals surface area contributed by atoms with Gasteiger partial charge in [-0.25, -0.2) is 14.4 Å². The van der Waals surface area contributed by atoms with Crippen molar-refractivity contribution >= 4 is 17.5 Å². The number of hydrogen-bond acceptors (Lipinski definition) is 4. The van der Waals surface area contributed by atoms with Crippen molar-refractivity contribution in [2.75, 3.05) is 42.5 Å². The summed E-state index contributed by atoms with van der Waals surface area (Å²) in [4.78, 5) is 13.5. The lowest BCUT2D eigenvalue weighted by molar-refractivity contribution is 0.459. The normalized spacial score (nSPS) is 15.1. The molecule has 2 heterocycles. The van der Waals surface area contributed by atoms with Crippen molar-refractivity contribution in [3.8, 4) is 0 Å². The minimum atomic E-state index is -0.184. The van der Waals surface area contributed by atoms with E-state index in [-0.39, 0.29) is 5.82 Å². The lowest BCUT2D eigenvalue weighted by Crippen LogP contribution is -2.48. The van der Waals surface area contributed by atoms with E-state index in [1.54, 1.807) is 6.07 Å². The second-order valence-electron chi connectivity index (χ2n) is 7.75. The largest absolute Gasteiger partial charge is 0.370 e. The van der Waals surface area contributed by atoms with Crippen molar-refractivity contribution in [2.45, 2.75) is 46.2 Å². The molecule has 1 aliphatic rings. The van der Waals surface area contributed by atoms with Crippen LogP contribution in [0.3, 0.4) is 0 Å². The molecule has 0 aliphatic carbocycles. The van der Waals surface area contributed by atoms with Crippen molar-refractivity contribution in [3.05, 3.63) is 54.0 Å². The quantitative estimate of drug-likeness (QED) is 0.497. The molecule has 1 fully saturated rings. The van der Waals surface area contributed by atoms with Crippen LogP contribution < -0.4 is 20.4 Å².